The van der Waals surface area contributed by atoms with Crippen LogP contribution in [-0.2, 0) is 16.6 Å². The summed E-state index contributed by atoms with van der Waals surface area (Å²) in [5.74, 6) is 0. The molecule has 5 nitrogen and oxygen atoms in total. The van der Waals surface area contributed by atoms with Crippen molar-refractivity contribution in [2.24, 2.45) is 0 Å². The molecule has 0 aliphatic carbocycles. The van der Waals surface area contributed by atoms with Gasteiger partial charge in [-0.25, -0.2) is 18.1 Å². The summed E-state index contributed by atoms with van der Waals surface area (Å²) < 4.78 is 27.2. The fourth-order valence-corrected chi connectivity index (χ4v) is 3.75. The van der Waals surface area contributed by atoms with Gasteiger partial charge in [0, 0.05) is 21.2 Å². The highest BCUT2D eigenvalue weighted by molar-refractivity contribution is 9.10. The molecule has 3 N–H and O–H groups in total. The molecule has 1 aromatic heterocycles. The number of sulfonamides is 1. The molecule has 0 radical (unpaired) electrons. The molecule has 102 valence electrons. The fourth-order valence-electron chi connectivity index (χ4n) is 1.40. The van der Waals surface area contributed by atoms with Crippen molar-refractivity contribution in [1.29, 1.82) is 0 Å². The number of hydrogen-bond acceptors (Lipinski definition) is 5. The van der Waals surface area contributed by atoms with Crippen LogP contribution in [0, 0.1) is 6.92 Å². The molecule has 0 fully saturated rings. The van der Waals surface area contributed by atoms with Crippen molar-refractivity contribution in [2.75, 3.05) is 5.73 Å². The number of nitrogens with two attached hydrogens (primary N) is 1. The predicted octanol–water partition coefficient (Wildman–Crippen LogP) is 2.27. The molecule has 0 unspecified atom stereocenters. The molecule has 8 heteroatoms. The number of nitrogens with one attached hydrogen (secondary N) is 1. The number of halogens is 1. The maximum Gasteiger partial charge on any atom is 0.240 e. The minimum Gasteiger partial charge on any atom is -0.398 e. The number of nitrogens with zero attached hydrogens (tertiary/aromatic N) is 1. The zero-order valence-electron chi connectivity index (χ0n) is 10.1. The fraction of sp³-hybridized carbons (Fsp3) is 0.182. The Kier molecular flexibility index (Phi) is 4.24. The lowest BCUT2D eigenvalue weighted by Gasteiger charge is -2.06. The average molecular weight is 362 g/mol. The highest BCUT2D eigenvalue weighted by atomic mass is 79.9. The molecule has 0 aliphatic rings. The van der Waals surface area contributed by atoms with Crippen LogP contribution in [-0.4, -0.2) is 13.4 Å². The molecule has 0 bridgehead atoms. The molecule has 0 spiro atoms. The van der Waals surface area contributed by atoms with E-state index in [0.717, 1.165) is 10.7 Å². The molecule has 1 aromatic carbocycles. The van der Waals surface area contributed by atoms with Crippen molar-refractivity contribution in [3.63, 3.8) is 0 Å². The third kappa shape index (κ3) is 3.53. The Balaban J connectivity index is 2.16. The van der Waals surface area contributed by atoms with Gasteiger partial charge in [-0.3, -0.25) is 0 Å². The van der Waals surface area contributed by atoms with E-state index in [0.29, 0.717) is 10.2 Å². The Bertz CT molecular complexity index is 698. The Morgan fingerprint density at radius 2 is 2.21 bits per heavy atom. The lowest BCUT2D eigenvalue weighted by Crippen LogP contribution is -2.23. The van der Waals surface area contributed by atoms with Crippen molar-refractivity contribution in [1.82, 2.24) is 9.71 Å². The van der Waals surface area contributed by atoms with Gasteiger partial charge in [0.25, 0.3) is 0 Å². The first-order valence-electron chi connectivity index (χ1n) is 5.34. The average Bonchev–Trinajstić information content (AvgIpc) is 2.76. The highest BCUT2D eigenvalue weighted by Gasteiger charge is 2.15. The van der Waals surface area contributed by atoms with Gasteiger partial charge in [0.15, 0.2) is 0 Å². The van der Waals surface area contributed by atoms with Crippen LogP contribution in [0.15, 0.2) is 32.9 Å². The number of nitrogen functional groups attached to an aromatic ring is 1. The third-order valence-electron chi connectivity index (χ3n) is 2.36. The number of thiazole rings is 1. The van der Waals surface area contributed by atoms with Gasteiger partial charge in [-0.1, -0.05) is 0 Å². The quantitative estimate of drug-likeness (QED) is 0.818. The summed E-state index contributed by atoms with van der Waals surface area (Å²) in [6.45, 7) is 2.05. The predicted molar refractivity (Wildman–Crippen MR) is 79.4 cm³/mol. The van der Waals surface area contributed by atoms with Crippen molar-refractivity contribution < 1.29 is 8.42 Å². The van der Waals surface area contributed by atoms with Gasteiger partial charge < -0.3 is 5.73 Å². The summed E-state index contributed by atoms with van der Waals surface area (Å²) in [6.07, 6.45) is 0. The van der Waals surface area contributed by atoms with Gasteiger partial charge in [-0.05, 0) is 41.1 Å². The number of benzene rings is 1. The number of anilines is 1. The van der Waals surface area contributed by atoms with Crippen LogP contribution >= 0.6 is 27.3 Å². The molecule has 1 heterocycles. The van der Waals surface area contributed by atoms with E-state index in [4.69, 9.17) is 5.73 Å². The van der Waals surface area contributed by atoms with Crippen molar-refractivity contribution in [2.45, 2.75) is 18.4 Å². The van der Waals surface area contributed by atoms with Gasteiger partial charge in [0.05, 0.1) is 11.4 Å². The van der Waals surface area contributed by atoms with Gasteiger partial charge >= 0.3 is 0 Å². The largest absolute Gasteiger partial charge is 0.398 e. The van der Waals surface area contributed by atoms with E-state index in [1.807, 2.05) is 12.3 Å². The van der Waals surface area contributed by atoms with E-state index in [1.54, 1.807) is 6.07 Å². The summed E-state index contributed by atoms with van der Waals surface area (Å²) in [7, 11) is -3.56. The summed E-state index contributed by atoms with van der Waals surface area (Å²) in [5, 5.41) is 2.61. The first kappa shape index (κ1) is 14.4. The molecule has 19 heavy (non-hydrogen) atoms. The highest BCUT2D eigenvalue weighted by Crippen LogP contribution is 2.23. The molecule has 0 aliphatic heterocycles. The SMILES string of the molecule is Cc1csc(CNS(=O)(=O)c2ccc(N)c(Br)c2)n1. The molecule has 0 saturated heterocycles. The summed E-state index contributed by atoms with van der Waals surface area (Å²) >= 11 is 4.63. The van der Waals surface area contributed by atoms with E-state index in [1.165, 1.54) is 23.5 Å². The van der Waals surface area contributed by atoms with E-state index >= 15 is 0 Å². The van der Waals surface area contributed by atoms with Crippen molar-refractivity contribution in [3.05, 3.63) is 38.8 Å². The number of aryl methyl sites for hydroxylation is 1. The lowest BCUT2D eigenvalue weighted by atomic mass is 10.3. The monoisotopic (exact) mass is 361 g/mol. The molecule has 0 amide bonds. The Labute approximate surface area is 124 Å². The maximum absolute atomic E-state index is 12.1. The minimum absolute atomic E-state index is 0.168. The Hall–Kier alpha value is -0.960. The lowest BCUT2D eigenvalue weighted by molar-refractivity contribution is 0.581. The van der Waals surface area contributed by atoms with E-state index in [9.17, 15) is 8.42 Å². The number of aromatic nitrogens is 1. The molecule has 0 saturated carbocycles. The van der Waals surface area contributed by atoms with Gasteiger partial charge in [-0.2, -0.15) is 0 Å². The third-order valence-corrected chi connectivity index (χ3v) is 5.41. The van der Waals surface area contributed by atoms with Gasteiger partial charge in [-0.15, -0.1) is 11.3 Å². The standard InChI is InChI=1S/C11H12BrN3O2S2/c1-7-6-18-11(15-7)5-14-19(16,17)8-2-3-10(13)9(12)4-8/h2-4,6,14H,5,13H2,1H3. The Morgan fingerprint density at radius 3 is 2.79 bits per heavy atom. The van der Waals surface area contributed by atoms with Crippen LogP contribution in [0.3, 0.4) is 0 Å². The maximum atomic E-state index is 12.1. The van der Waals surface area contributed by atoms with Crippen LogP contribution in [0.1, 0.15) is 10.7 Å². The van der Waals surface area contributed by atoms with Crippen LogP contribution in [0.25, 0.3) is 0 Å². The van der Waals surface area contributed by atoms with Gasteiger partial charge in [0.1, 0.15) is 5.01 Å². The van der Waals surface area contributed by atoms with E-state index in [2.05, 4.69) is 25.6 Å². The first-order valence-corrected chi connectivity index (χ1v) is 8.50. The molecule has 2 aromatic rings. The van der Waals surface area contributed by atoms with E-state index < -0.39 is 10.0 Å². The summed E-state index contributed by atoms with van der Waals surface area (Å²) in [6, 6.07) is 4.49. The van der Waals surface area contributed by atoms with Crippen molar-refractivity contribution >= 4 is 43.0 Å². The number of hydrogen-bond donors (Lipinski definition) is 2. The summed E-state index contributed by atoms with van der Waals surface area (Å²) in [4.78, 5) is 4.37. The Morgan fingerprint density at radius 1 is 1.47 bits per heavy atom. The molecular formula is C11H12BrN3O2S2. The molecule has 0 atom stereocenters. The van der Waals surface area contributed by atoms with Crippen LogP contribution in [0.5, 0.6) is 0 Å². The van der Waals surface area contributed by atoms with Crippen LogP contribution in [0.4, 0.5) is 5.69 Å². The zero-order valence-corrected chi connectivity index (χ0v) is 13.3. The second kappa shape index (κ2) is 5.58. The van der Waals surface area contributed by atoms with E-state index in [-0.39, 0.29) is 11.4 Å². The number of rotatable bonds is 4. The second-order valence-corrected chi connectivity index (χ2v) is 7.45. The second-order valence-electron chi connectivity index (χ2n) is 3.89. The zero-order chi connectivity index (χ0) is 14.0. The first-order chi connectivity index (χ1) is 8.88. The molecule has 2 rings (SSSR count). The minimum atomic E-state index is -3.56. The van der Waals surface area contributed by atoms with Gasteiger partial charge in [0.2, 0.25) is 10.0 Å². The van der Waals surface area contributed by atoms with Crippen LogP contribution < -0.4 is 10.5 Å². The normalized spacial score (nSPS) is 11.7. The molecular weight excluding hydrogens is 350 g/mol. The van der Waals surface area contributed by atoms with Crippen molar-refractivity contribution in [3.8, 4) is 0 Å². The topological polar surface area (TPSA) is 85.1 Å². The summed E-state index contributed by atoms with van der Waals surface area (Å²) in [5.41, 5.74) is 7.01. The smallest absolute Gasteiger partial charge is 0.240 e. The van der Waals surface area contributed by atoms with Crippen LogP contribution in [0.2, 0.25) is 0 Å².